The summed E-state index contributed by atoms with van der Waals surface area (Å²) in [6.45, 7) is 6.09. The normalized spacial score (nSPS) is 23.8. The number of ether oxygens (including phenoxy) is 1. The zero-order chi connectivity index (χ0) is 13.8. The van der Waals surface area contributed by atoms with Crippen LogP contribution in [0.2, 0.25) is 10.0 Å². The highest BCUT2D eigenvalue weighted by Crippen LogP contribution is 2.37. The van der Waals surface area contributed by atoms with Crippen molar-refractivity contribution in [2.75, 3.05) is 13.2 Å². The minimum absolute atomic E-state index is 0.0739. The van der Waals surface area contributed by atoms with Gasteiger partial charge in [-0.2, -0.15) is 0 Å². The van der Waals surface area contributed by atoms with Crippen LogP contribution in [0.15, 0.2) is 18.2 Å². The van der Waals surface area contributed by atoms with Crippen LogP contribution in [-0.2, 0) is 4.74 Å². The molecule has 4 heteroatoms. The fraction of sp³-hybridized carbons (Fsp3) is 0.600. The van der Waals surface area contributed by atoms with Crippen LogP contribution in [0.3, 0.4) is 0 Å². The highest BCUT2D eigenvalue weighted by molar-refractivity contribution is 6.35. The van der Waals surface area contributed by atoms with Crippen molar-refractivity contribution < 1.29 is 4.74 Å². The first kappa shape index (κ1) is 15.1. The van der Waals surface area contributed by atoms with Crippen LogP contribution in [0.25, 0.3) is 0 Å². The van der Waals surface area contributed by atoms with E-state index in [1.165, 1.54) is 6.42 Å². The van der Waals surface area contributed by atoms with Gasteiger partial charge in [0.05, 0.1) is 6.10 Å². The van der Waals surface area contributed by atoms with Gasteiger partial charge < -0.3 is 10.1 Å². The van der Waals surface area contributed by atoms with Crippen LogP contribution in [0.5, 0.6) is 0 Å². The molecule has 1 fully saturated rings. The second kappa shape index (κ2) is 6.94. The molecule has 1 aromatic rings. The zero-order valence-corrected chi connectivity index (χ0v) is 13.0. The van der Waals surface area contributed by atoms with Gasteiger partial charge in [-0.1, -0.05) is 43.1 Å². The first-order valence-corrected chi connectivity index (χ1v) is 7.63. The lowest BCUT2D eigenvalue weighted by Crippen LogP contribution is -2.35. The Bertz CT molecular complexity index is 423. The van der Waals surface area contributed by atoms with E-state index < -0.39 is 0 Å². The van der Waals surface area contributed by atoms with E-state index in [-0.39, 0.29) is 6.10 Å². The summed E-state index contributed by atoms with van der Waals surface area (Å²) in [5, 5.41) is 4.87. The van der Waals surface area contributed by atoms with E-state index in [2.05, 4.69) is 19.2 Å². The summed E-state index contributed by atoms with van der Waals surface area (Å²) >= 11 is 12.3. The third kappa shape index (κ3) is 4.09. The Morgan fingerprint density at radius 2 is 2.16 bits per heavy atom. The Balaban J connectivity index is 2.14. The molecule has 0 amide bonds. The van der Waals surface area contributed by atoms with Crippen LogP contribution >= 0.6 is 23.2 Å². The fourth-order valence-corrected chi connectivity index (χ4v) is 3.03. The largest absolute Gasteiger partial charge is 0.373 e. The number of hydrogen-bond donors (Lipinski definition) is 1. The molecule has 2 nitrogen and oxygen atoms in total. The van der Waals surface area contributed by atoms with Gasteiger partial charge in [-0.05, 0) is 30.5 Å². The molecule has 1 saturated heterocycles. The molecular weight excluding hydrogens is 281 g/mol. The van der Waals surface area contributed by atoms with Gasteiger partial charge in [0.1, 0.15) is 0 Å². The highest BCUT2D eigenvalue weighted by Gasteiger charge is 2.28. The molecule has 0 bridgehead atoms. The van der Waals surface area contributed by atoms with Crippen molar-refractivity contribution in [1.29, 1.82) is 0 Å². The van der Waals surface area contributed by atoms with E-state index in [0.717, 1.165) is 25.1 Å². The van der Waals surface area contributed by atoms with E-state index in [1.54, 1.807) is 6.07 Å². The molecule has 19 heavy (non-hydrogen) atoms. The number of rotatable bonds is 4. The lowest BCUT2D eigenvalue weighted by atomic mass is 9.89. The summed E-state index contributed by atoms with van der Waals surface area (Å²) in [7, 11) is 0. The predicted octanol–water partition coefficient (Wildman–Crippen LogP) is 4.46. The third-order valence-electron chi connectivity index (χ3n) is 3.50. The van der Waals surface area contributed by atoms with Crippen molar-refractivity contribution in [3.8, 4) is 0 Å². The summed E-state index contributed by atoms with van der Waals surface area (Å²) in [5.41, 5.74) is 1.06. The monoisotopic (exact) mass is 301 g/mol. The Hall–Kier alpha value is -0.280. The molecule has 1 aliphatic heterocycles. The molecule has 0 saturated carbocycles. The lowest BCUT2D eigenvalue weighted by Gasteiger charge is -2.33. The second-order valence-electron chi connectivity index (χ2n) is 5.42. The number of nitrogens with one attached hydrogen (secondary N) is 1. The molecule has 0 spiro atoms. The topological polar surface area (TPSA) is 21.3 Å². The molecule has 2 unspecified atom stereocenters. The van der Waals surface area contributed by atoms with Gasteiger partial charge in [0.2, 0.25) is 0 Å². The van der Waals surface area contributed by atoms with Gasteiger partial charge in [-0.3, -0.25) is 0 Å². The summed E-state index contributed by atoms with van der Waals surface area (Å²) in [6, 6.07) is 6.16. The molecule has 0 aliphatic carbocycles. The fourth-order valence-electron chi connectivity index (χ4n) is 2.52. The molecule has 1 aromatic carbocycles. The quantitative estimate of drug-likeness (QED) is 0.886. The van der Waals surface area contributed by atoms with Gasteiger partial charge in [0.15, 0.2) is 0 Å². The molecule has 106 valence electrons. The predicted molar refractivity (Wildman–Crippen MR) is 81.0 cm³/mol. The van der Waals surface area contributed by atoms with Crippen molar-refractivity contribution >= 4 is 23.2 Å². The Kier molecular flexibility index (Phi) is 5.52. The first-order chi connectivity index (χ1) is 9.08. The maximum atomic E-state index is 6.31. The van der Waals surface area contributed by atoms with Gasteiger partial charge in [0, 0.05) is 35.2 Å². The van der Waals surface area contributed by atoms with Crippen LogP contribution in [0, 0.1) is 5.92 Å². The summed E-state index contributed by atoms with van der Waals surface area (Å²) < 4.78 is 5.96. The van der Waals surface area contributed by atoms with E-state index in [1.807, 2.05) is 12.1 Å². The number of hydrogen-bond acceptors (Lipinski definition) is 2. The van der Waals surface area contributed by atoms with Crippen LogP contribution in [0.1, 0.15) is 38.4 Å². The van der Waals surface area contributed by atoms with E-state index >= 15 is 0 Å². The van der Waals surface area contributed by atoms with Crippen LogP contribution < -0.4 is 5.32 Å². The first-order valence-electron chi connectivity index (χ1n) is 6.88. The Morgan fingerprint density at radius 3 is 2.84 bits per heavy atom. The molecule has 1 N–H and O–H groups in total. The Labute approximate surface area is 125 Å². The van der Waals surface area contributed by atoms with Crippen LogP contribution in [-0.4, -0.2) is 19.2 Å². The number of benzene rings is 1. The maximum absolute atomic E-state index is 6.31. The lowest BCUT2D eigenvalue weighted by molar-refractivity contribution is -0.0281. The second-order valence-corrected chi connectivity index (χ2v) is 6.27. The van der Waals surface area contributed by atoms with Crippen molar-refractivity contribution in [3.63, 3.8) is 0 Å². The smallest absolute Gasteiger partial charge is 0.0879 e. The van der Waals surface area contributed by atoms with Gasteiger partial charge in [-0.15, -0.1) is 0 Å². The molecule has 1 aliphatic rings. The SMILES string of the molecule is CC(C)NCC1CCCOC1c1ccc(Cl)cc1Cl. The number of halogens is 2. The Morgan fingerprint density at radius 1 is 1.37 bits per heavy atom. The molecule has 0 aromatic heterocycles. The highest BCUT2D eigenvalue weighted by atomic mass is 35.5. The molecule has 0 radical (unpaired) electrons. The average molecular weight is 302 g/mol. The zero-order valence-electron chi connectivity index (χ0n) is 11.5. The van der Waals surface area contributed by atoms with Crippen molar-refractivity contribution in [1.82, 2.24) is 5.32 Å². The molecule has 2 rings (SSSR count). The molecule has 2 atom stereocenters. The van der Waals surface area contributed by atoms with E-state index in [9.17, 15) is 0 Å². The van der Waals surface area contributed by atoms with Crippen molar-refractivity contribution in [2.45, 2.75) is 38.8 Å². The summed E-state index contributed by atoms with van der Waals surface area (Å²) in [6.07, 6.45) is 2.36. The average Bonchev–Trinajstić information content (AvgIpc) is 2.37. The van der Waals surface area contributed by atoms with Crippen LogP contribution in [0.4, 0.5) is 0 Å². The maximum Gasteiger partial charge on any atom is 0.0879 e. The third-order valence-corrected chi connectivity index (χ3v) is 4.06. The minimum Gasteiger partial charge on any atom is -0.373 e. The van der Waals surface area contributed by atoms with Crippen molar-refractivity contribution in [3.05, 3.63) is 33.8 Å². The van der Waals surface area contributed by atoms with Crippen molar-refractivity contribution in [2.24, 2.45) is 5.92 Å². The van der Waals surface area contributed by atoms with Gasteiger partial charge >= 0.3 is 0 Å². The molecule has 1 heterocycles. The van der Waals surface area contributed by atoms with Gasteiger partial charge in [0.25, 0.3) is 0 Å². The summed E-state index contributed by atoms with van der Waals surface area (Å²) in [4.78, 5) is 0. The summed E-state index contributed by atoms with van der Waals surface area (Å²) in [5.74, 6) is 0.467. The van der Waals surface area contributed by atoms with Gasteiger partial charge in [-0.25, -0.2) is 0 Å². The van der Waals surface area contributed by atoms with E-state index in [0.29, 0.717) is 22.0 Å². The molecular formula is C15H21Cl2NO. The van der Waals surface area contributed by atoms with E-state index in [4.69, 9.17) is 27.9 Å². The minimum atomic E-state index is 0.0739. The standard InChI is InChI=1S/C15H21Cl2NO/c1-10(2)18-9-11-4-3-7-19-15(11)13-6-5-12(16)8-14(13)17/h5-6,8,10-11,15,18H,3-4,7,9H2,1-2H3.